The Hall–Kier alpha value is -2.48. The molecule has 0 unspecified atom stereocenters. The molecule has 0 radical (unpaired) electrons. The largest absolute Gasteiger partial charge is 0.507 e. The number of aromatic nitrogens is 3. The number of hydrogen-bond donors (Lipinski definition) is 2. The lowest BCUT2D eigenvalue weighted by molar-refractivity contribution is -0.0117. The van der Waals surface area contributed by atoms with Gasteiger partial charge in [-0.05, 0) is 31.3 Å². The quantitative estimate of drug-likeness (QED) is 0.714. The van der Waals surface area contributed by atoms with Crippen molar-refractivity contribution in [3.63, 3.8) is 0 Å². The summed E-state index contributed by atoms with van der Waals surface area (Å²) in [6, 6.07) is 6.81. The topological polar surface area (TPSA) is 83.4 Å². The van der Waals surface area contributed by atoms with E-state index in [0.29, 0.717) is 28.6 Å². The summed E-state index contributed by atoms with van der Waals surface area (Å²) in [6.45, 7) is 3.18. The number of anilines is 1. The molecule has 1 aliphatic heterocycles. The van der Waals surface area contributed by atoms with E-state index in [9.17, 15) is 5.11 Å². The Morgan fingerprint density at radius 3 is 3.00 bits per heavy atom. The number of rotatable bonds is 4. The molecule has 8 heteroatoms. The number of ether oxygens (including phenoxy) is 1. The van der Waals surface area contributed by atoms with Gasteiger partial charge in [-0.15, -0.1) is 10.2 Å². The molecule has 27 heavy (non-hydrogen) atoms. The molecule has 0 saturated carbocycles. The van der Waals surface area contributed by atoms with E-state index in [2.05, 4.69) is 32.4 Å². The minimum atomic E-state index is 0.0641. The van der Waals surface area contributed by atoms with E-state index in [0.717, 1.165) is 30.5 Å². The fraction of sp³-hybridized carbons (Fsp3) is 0.316. The van der Waals surface area contributed by atoms with Gasteiger partial charge in [0.1, 0.15) is 11.4 Å². The van der Waals surface area contributed by atoms with Crippen LogP contribution in [0.5, 0.6) is 5.75 Å². The van der Waals surface area contributed by atoms with Gasteiger partial charge in [0.15, 0.2) is 5.82 Å². The minimum absolute atomic E-state index is 0.0641. The van der Waals surface area contributed by atoms with Crippen LogP contribution in [0.3, 0.4) is 0 Å². The summed E-state index contributed by atoms with van der Waals surface area (Å²) in [4.78, 5) is 6.46. The molecule has 7 nitrogen and oxygen atoms in total. The third-order valence-electron chi connectivity index (χ3n) is 4.64. The van der Waals surface area contributed by atoms with Gasteiger partial charge in [0.05, 0.1) is 12.7 Å². The van der Waals surface area contributed by atoms with Gasteiger partial charge >= 0.3 is 0 Å². The molecule has 0 bridgehead atoms. The number of pyridine rings is 1. The summed E-state index contributed by atoms with van der Waals surface area (Å²) in [5.41, 5.74) is 1.16. The molecule has 1 atom stereocenters. The van der Waals surface area contributed by atoms with Gasteiger partial charge in [-0.3, -0.25) is 4.98 Å². The van der Waals surface area contributed by atoms with Crippen molar-refractivity contribution in [3.8, 4) is 17.0 Å². The maximum Gasteiger partial charge on any atom is 0.158 e. The van der Waals surface area contributed by atoms with Crippen molar-refractivity contribution in [2.24, 2.45) is 0 Å². The van der Waals surface area contributed by atoms with Gasteiger partial charge in [-0.1, -0.05) is 11.6 Å². The molecule has 1 aromatic carbocycles. The van der Waals surface area contributed by atoms with Crippen LogP contribution in [-0.2, 0) is 4.74 Å². The van der Waals surface area contributed by atoms with E-state index >= 15 is 0 Å². The van der Waals surface area contributed by atoms with Crippen LogP contribution in [0.4, 0.5) is 5.82 Å². The summed E-state index contributed by atoms with van der Waals surface area (Å²) in [5.74, 6) is 0.710. The number of morpholine rings is 1. The lowest BCUT2D eigenvalue weighted by Crippen LogP contribution is -2.43. The zero-order valence-electron chi connectivity index (χ0n) is 14.9. The van der Waals surface area contributed by atoms with E-state index in [1.807, 2.05) is 6.07 Å². The van der Waals surface area contributed by atoms with Crippen LogP contribution in [0.1, 0.15) is 0 Å². The summed E-state index contributed by atoms with van der Waals surface area (Å²) in [6.07, 6.45) is 3.54. The third-order valence-corrected chi connectivity index (χ3v) is 4.87. The molecule has 1 fully saturated rings. The van der Waals surface area contributed by atoms with Crippen LogP contribution < -0.4 is 5.32 Å². The van der Waals surface area contributed by atoms with Crippen molar-refractivity contribution in [1.82, 2.24) is 20.1 Å². The number of aromatic hydroxyl groups is 1. The van der Waals surface area contributed by atoms with Crippen molar-refractivity contribution in [2.75, 3.05) is 38.6 Å². The molecule has 1 aliphatic rings. The number of halogens is 1. The smallest absolute Gasteiger partial charge is 0.158 e. The average Bonchev–Trinajstić information content (AvgIpc) is 2.67. The van der Waals surface area contributed by atoms with E-state index in [1.54, 1.807) is 24.5 Å². The number of hydrogen-bond acceptors (Lipinski definition) is 7. The molecule has 2 N–H and O–H groups in total. The molecule has 4 rings (SSSR count). The highest BCUT2D eigenvalue weighted by molar-refractivity contribution is 6.30. The van der Waals surface area contributed by atoms with Crippen LogP contribution in [0, 0.1) is 0 Å². The Bertz CT molecular complexity index is 968. The highest BCUT2D eigenvalue weighted by Crippen LogP contribution is 2.35. The Balaban J connectivity index is 1.66. The first-order chi connectivity index (χ1) is 13.1. The van der Waals surface area contributed by atoms with Crippen molar-refractivity contribution in [3.05, 3.63) is 41.7 Å². The highest BCUT2D eigenvalue weighted by atomic mass is 35.5. The lowest BCUT2D eigenvalue weighted by atomic mass is 10.1. The van der Waals surface area contributed by atoms with E-state index < -0.39 is 0 Å². The summed E-state index contributed by atoms with van der Waals surface area (Å²) < 4.78 is 5.79. The SMILES string of the molecule is CN1CCO[C@H](CNc2nnc(-c3ccc(Cl)cc3O)c3ccncc23)C1. The van der Waals surface area contributed by atoms with Crippen LogP contribution in [0.2, 0.25) is 5.02 Å². The van der Waals surface area contributed by atoms with Gasteiger partial charge in [0, 0.05) is 53.4 Å². The Labute approximate surface area is 162 Å². The molecule has 0 amide bonds. The van der Waals surface area contributed by atoms with Gasteiger partial charge in [0.25, 0.3) is 0 Å². The average molecular weight is 386 g/mol. The molecule has 3 heterocycles. The second-order valence-electron chi connectivity index (χ2n) is 6.62. The van der Waals surface area contributed by atoms with Crippen molar-refractivity contribution in [1.29, 1.82) is 0 Å². The van der Waals surface area contributed by atoms with Gasteiger partial charge in [0.2, 0.25) is 0 Å². The number of benzene rings is 1. The second kappa shape index (κ2) is 7.64. The first-order valence-electron chi connectivity index (χ1n) is 8.75. The number of nitrogens with one attached hydrogen (secondary N) is 1. The molecule has 0 aliphatic carbocycles. The Kier molecular flexibility index (Phi) is 5.07. The fourth-order valence-electron chi connectivity index (χ4n) is 3.23. The van der Waals surface area contributed by atoms with Crippen LogP contribution in [0.25, 0.3) is 22.0 Å². The first-order valence-corrected chi connectivity index (χ1v) is 9.13. The monoisotopic (exact) mass is 385 g/mol. The molecule has 140 valence electrons. The fourth-order valence-corrected chi connectivity index (χ4v) is 3.40. The maximum absolute atomic E-state index is 10.3. The summed E-state index contributed by atoms with van der Waals surface area (Å²) in [7, 11) is 2.09. The van der Waals surface area contributed by atoms with Crippen molar-refractivity contribution < 1.29 is 9.84 Å². The maximum atomic E-state index is 10.3. The van der Waals surface area contributed by atoms with Gasteiger partial charge in [-0.2, -0.15) is 0 Å². The number of phenols is 1. The standard InChI is InChI=1S/C19H20ClN5O2/c1-25-6-7-27-13(11-25)9-22-19-16-10-21-5-4-14(16)18(23-24-19)15-3-2-12(20)8-17(15)26/h2-5,8,10,13,26H,6-7,9,11H2,1H3,(H,22,24)/t13-/m1/s1. The number of phenolic OH excluding ortho intramolecular Hbond substituents is 1. The second-order valence-corrected chi connectivity index (χ2v) is 7.05. The predicted molar refractivity (Wildman–Crippen MR) is 105 cm³/mol. The van der Waals surface area contributed by atoms with Crippen LogP contribution in [-0.4, -0.2) is 64.6 Å². The molecule has 2 aromatic heterocycles. The Morgan fingerprint density at radius 1 is 1.30 bits per heavy atom. The normalized spacial score (nSPS) is 17.9. The molecule has 3 aromatic rings. The molecular weight excluding hydrogens is 366 g/mol. The lowest BCUT2D eigenvalue weighted by Gasteiger charge is -2.30. The van der Waals surface area contributed by atoms with Gasteiger partial charge < -0.3 is 20.1 Å². The summed E-state index contributed by atoms with van der Waals surface area (Å²) in [5, 5.41) is 24.4. The third kappa shape index (κ3) is 3.80. The van der Waals surface area contributed by atoms with E-state index in [1.165, 1.54) is 6.07 Å². The van der Waals surface area contributed by atoms with Crippen molar-refractivity contribution >= 4 is 28.2 Å². The highest BCUT2D eigenvalue weighted by Gasteiger charge is 2.19. The number of likely N-dealkylation sites (N-methyl/N-ethyl adjacent to an activating group) is 1. The van der Waals surface area contributed by atoms with E-state index in [4.69, 9.17) is 16.3 Å². The predicted octanol–water partition coefficient (Wildman–Crippen LogP) is 2.79. The Morgan fingerprint density at radius 2 is 2.19 bits per heavy atom. The number of nitrogens with zero attached hydrogens (tertiary/aromatic N) is 4. The van der Waals surface area contributed by atoms with Crippen LogP contribution in [0.15, 0.2) is 36.7 Å². The number of fused-ring (bicyclic) bond motifs is 1. The first kappa shape index (κ1) is 17.9. The minimum Gasteiger partial charge on any atom is -0.507 e. The van der Waals surface area contributed by atoms with Crippen LogP contribution >= 0.6 is 11.6 Å². The summed E-state index contributed by atoms with van der Waals surface area (Å²) >= 11 is 5.94. The molecule has 0 spiro atoms. The van der Waals surface area contributed by atoms with Gasteiger partial charge in [-0.25, -0.2) is 0 Å². The zero-order valence-corrected chi connectivity index (χ0v) is 15.6. The zero-order chi connectivity index (χ0) is 18.8. The molecule has 1 saturated heterocycles. The van der Waals surface area contributed by atoms with Crippen molar-refractivity contribution in [2.45, 2.75) is 6.10 Å². The molecular formula is C19H20ClN5O2. The van der Waals surface area contributed by atoms with E-state index in [-0.39, 0.29) is 11.9 Å².